The highest BCUT2D eigenvalue weighted by atomic mass is 35.5. The van der Waals surface area contributed by atoms with Gasteiger partial charge < -0.3 is 37.2 Å². The first-order valence-corrected chi connectivity index (χ1v) is 10.1. The van der Waals surface area contributed by atoms with E-state index in [1.165, 1.54) is 13.8 Å². The van der Waals surface area contributed by atoms with Gasteiger partial charge in [-0.15, -0.1) is 0 Å². The Morgan fingerprint density at radius 1 is 1.12 bits per heavy atom. The van der Waals surface area contributed by atoms with Gasteiger partial charge in [0.2, 0.25) is 11.8 Å². The molecular weight excluding hydrogens is 497 g/mol. The number of nitrogens with one attached hydrogen (secondary N) is 3. The maximum Gasteiger partial charge on any atom is 0.402 e. The molecule has 15 heteroatoms. The van der Waals surface area contributed by atoms with Crippen LogP contribution in [0.15, 0.2) is 18.2 Å². The Balaban J connectivity index is 0. The molecule has 11 N–H and O–H groups in total. The zero-order chi connectivity index (χ0) is 27.1. The number of rotatable bonds is 8. The molecule has 0 unspecified atom stereocenters. The van der Waals surface area contributed by atoms with Gasteiger partial charge in [-0.25, -0.2) is 4.79 Å². The van der Waals surface area contributed by atoms with Crippen LogP contribution in [0.25, 0.3) is 0 Å². The Morgan fingerprint density at radius 2 is 1.59 bits per heavy atom. The van der Waals surface area contributed by atoms with Crippen LogP contribution in [-0.4, -0.2) is 69.5 Å². The molecule has 0 saturated carbocycles. The van der Waals surface area contributed by atoms with Gasteiger partial charge in [-0.05, 0) is 17.7 Å². The van der Waals surface area contributed by atoms with Crippen molar-refractivity contribution < 1.29 is 39.6 Å². The van der Waals surface area contributed by atoms with Crippen LogP contribution in [-0.2, 0) is 20.8 Å². The third-order valence-corrected chi connectivity index (χ3v) is 4.42. The highest BCUT2D eigenvalue weighted by Crippen LogP contribution is 2.24. The Morgan fingerprint density at radius 3 is 1.97 bits per heavy atom. The first-order chi connectivity index (χ1) is 15.5. The van der Waals surface area contributed by atoms with Crippen LogP contribution in [0.1, 0.15) is 25.8 Å². The summed E-state index contributed by atoms with van der Waals surface area (Å²) in [6.45, 7) is 2.70. The number of halogens is 2. The van der Waals surface area contributed by atoms with Gasteiger partial charge in [0.25, 0.3) is 0 Å². The average molecular weight is 526 g/mol. The van der Waals surface area contributed by atoms with E-state index in [2.05, 4.69) is 16.4 Å². The molecule has 34 heavy (non-hydrogen) atoms. The van der Waals surface area contributed by atoms with E-state index in [9.17, 15) is 19.5 Å². The Kier molecular flexibility index (Phi) is 16.0. The minimum Gasteiger partial charge on any atom is -0.481 e. The lowest BCUT2D eigenvalue weighted by Crippen LogP contribution is -2.45. The van der Waals surface area contributed by atoms with Gasteiger partial charge in [-0.2, -0.15) is 0 Å². The van der Waals surface area contributed by atoms with Crippen molar-refractivity contribution in [3.05, 3.63) is 33.8 Å². The standard InChI is InChI=1S/C9H9Cl2N3O.C9H17NO5.CH3NO2/c10-6-2-1-3-7(11)5(6)4-8(15)14-9(12)13;1-9(2,5-11)7(14)8(15)10-4-3-6(12)13;2-1(3)4/h1-3H,4H2,(H4,12,13,14,15);7,11,14H,3-5H2,1-2H3,(H,10,15)(H,12,13);2H2,(H,3,4)/t;7-;/m.0./s1. The van der Waals surface area contributed by atoms with Crippen LogP contribution in [0.3, 0.4) is 0 Å². The fraction of sp³-hybridized carbons (Fsp3) is 0.421. The molecule has 192 valence electrons. The summed E-state index contributed by atoms with van der Waals surface area (Å²) in [7, 11) is 0. The quantitative estimate of drug-likeness (QED) is 0.165. The molecule has 0 aliphatic heterocycles. The number of primary amides is 1. The predicted molar refractivity (Wildman–Crippen MR) is 125 cm³/mol. The highest BCUT2D eigenvalue weighted by molar-refractivity contribution is 6.36. The molecule has 3 amide bonds. The van der Waals surface area contributed by atoms with Crippen molar-refractivity contribution in [3.8, 4) is 0 Å². The molecule has 1 rings (SSSR count). The van der Waals surface area contributed by atoms with Crippen LogP contribution >= 0.6 is 23.2 Å². The minimum atomic E-state index is -1.35. The second-order valence-corrected chi connectivity index (χ2v) is 7.98. The zero-order valence-electron chi connectivity index (χ0n) is 18.5. The van der Waals surface area contributed by atoms with Gasteiger partial charge in [0, 0.05) is 22.0 Å². The Bertz CT molecular complexity index is 843. The number of carboxylic acid groups (broad SMARTS) is 2. The maximum atomic E-state index is 11.3. The van der Waals surface area contributed by atoms with Crippen LogP contribution in [0.2, 0.25) is 10.0 Å². The molecule has 0 radical (unpaired) electrons. The topological polar surface area (TPSA) is 249 Å². The number of aliphatic carboxylic acids is 1. The molecule has 13 nitrogen and oxygen atoms in total. The average Bonchev–Trinajstić information content (AvgIpc) is 2.69. The first-order valence-electron chi connectivity index (χ1n) is 9.38. The lowest BCUT2D eigenvalue weighted by Gasteiger charge is -2.26. The van der Waals surface area contributed by atoms with Crippen molar-refractivity contribution >= 4 is 53.0 Å². The molecule has 0 spiro atoms. The molecule has 0 bridgehead atoms. The molecule has 0 saturated heterocycles. The molecule has 0 aliphatic carbocycles. The van der Waals surface area contributed by atoms with Crippen molar-refractivity contribution in [2.45, 2.75) is 32.8 Å². The largest absolute Gasteiger partial charge is 0.481 e. The Hall–Kier alpha value is -3.13. The van der Waals surface area contributed by atoms with E-state index in [4.69, 9.17) is 54.5 Å². The molecule has 1 aromatic rings. The van der Waals surface area contributed by atoms with Gasteiger partial charge in [0.05, 0.1) is 19.4 Å². The van der Waals surface area contributed by atoms with Crippen molar-refractivity contribution in [3.63, 3.8) is 0 Å². The number of amides is 3. The van der Waals surface area contributed by atoms with Gasteiger partial charge >= 0.3 is 12.1 Å². The number of carbonyl (C=O) groups excluding carboxylic acids is 2. The lowest BCUT2D eigenvalue weighted by atomic mass is 9.87. The second-order valence-electron chi connectivity index (χ2n) is 7.16. The number of benzene rings is 1. The number of aliphatic hydroxyl groups is 2. The molecule has 1 aromatic carbocycles. The number of guanidine groups is 1. The zero-order valence-corrected chi connectivity index (χ0v) is 20.0. The van der Waals surface area contributed by atoms with Crippen LogP contribution in [0.5, 0.6) is 0 Å². The van der Waals surface area contributed by atoms with E-state index < -0.39 is 41.4 Å². The number of carbonyl (C=O) groups is 4. The monoisotopic (exact) mass is 525 g/mol. The predicted octanol–water partition coefficient (Wildman–Crippen LogP) is 0.125. The fourth-order valence-electron chi connectivity index (χ4n) is 1.89. The minimum absolute atomic E-state index is 0.00190. The van der Waals surface area contributed by atoms with Gasteiger partial charge in [-0.1, -0.05) is 43.1 Å². The summed E-state index contributed by atoms with van der Waals surface area (Å²) in [6, 6.07) is 4.98. The van der Waals surface area contributed by atoms with Crippen LogP contribution in [0, 0.1) is 10.8 Å². The number of nitrogens with two attached hydrogens (primary N) is 2. The Labute approximate surface area is 205 Å². The molecular formula is C19H29Cl2N5O8. The number of hydrogen-bond donors (Lipinski definition) is 9. The summed E-state index contributed by atoms with van der Waals surface area (Å²) in [5.74, 6) is -2.51. The number of hydrogen-bond acceptors (Lipinski definition) is 7. The maximum absolute atomic E-state index is 11.3. The number of carboxylic acids is 1. The summed E-state index contributed by atoms with van der Waals surface area (Å²) < 4.78 is 0. The summed E-state index contributed by atoms with van der Waals surface area (Å²) in [5, 5.41) is 46.0. The van der Waals surface area contributed by atoms with Crippen molar-refractivity contribution in [2.24, 2.45) is 16.9 Å². The smallest absolute Gasteiger partial charge is 0.402 e. The normalized spacial score (nSPS) is 10.9. The van der Waals surface area contributed by atoms with E-state index in [-0.39, 0.29) is 26.0 Å². The van der Waals surface area contributed by atoms with E-state index in [1.807, 2.05) is 0 Å². The fourth-order valence-corrected chi connectivity index (χ4v) is 2.42. The SMILES string of the molecule is CC(C)(CO)[C@@H](O)C(=O)NCCC(=O)O.N=C(N)NC(=O)Cc1c(Cl)cccc1Cl.NC(=O)O. The first kappa shape index (κ1) is 33.0. The summed E-state index contributed by atoms with van der Waals surface area (Å²) in [6.07, 6.45) is -2.88. The molecule has 0 fully saturated rings. The highest BCUT2D eigenvalue weighted by Gasteiger charge is 2.32. The van der Waals surface area contributed by atoms with Crippen LogP contribution in [0.4, 0.5) is 4.79 Å². The third kappa shape index (κ3) is 15.6. The summed E-state index contributed by atoms with van der Waals surface area (Å²) in [5.41, 5.74) is 8.63. The third-order valence-electron chi connectivity index (χ3n) is 3.71. The van der Waals surface area contributed by atoms with Crippen molar-refractivity contribution in [1.82, 2.24) is 10.6 Å². The van der Waals surface area contributed by atoms with Crippen molar-refractivity contribution in [2.75, 3.05) is 13.2 Å². The van der Waals surface area contributed by atoms with Gasteiger partial charge in [-0.3, -0.25) is 25.1 Å². The van der Waals surface area contributed by atoms with E-state index >= 15 is 0 Å². The summed E-state index contributed by atoms with van der Waals surface area (Å²) in [4.78, 5) is 41.5. The van der Waals surface area contributed by atoms with E-state index in [0.29, 0.717) is 15.6 Å². The summed E-state index contributed by atoms with van der Waals surface area (Å²) >= 11 is 11.7. The van der Waals surface area contributed by atoms with E-state index in [0.717, 1.165) is 0 Å². The van der Waals surface area contributed by atoms with Gasteiger partial charge in [0.1, 0.15) is 6.10 Å². The molecule has 1 atom stereocenters. The van der Waals surface area contributed by atoms with E-state index in [1.54, 1.807) is 18.2 Å². The lowest BCUT2D eigenvalue weighted by molar-refractivity contribution is -0.138. The number of aliphatic hydroxyl groups excluding tert-OH is 2. The van der Waals surface area contributed by atoms with Gasteiger partial charge in [0.15, 0.2) is 5.96 Å². The van der Waals surface area contributed by atoms with Crippen LogP contribution < -0.4 is 22.1 Å². The molecule has 0 aliphatic rings. The molecule has 0 heterocycles. The van der Waals surface area contributed by atoms with Crippen molar-refractivity contribution in [1.29, 1.82) is 5.41 Å². The molecule has 0 aromatic heterocycles. The second kappa shape index (κ2) is 16.5.